The van der Waals surface area contributed by atoms with Gasteiger partial charge in [0, 0.05) is 41.8 Å². The molecule has 1 saturated carbocycles. The molecular formula is C27H29BClF3N8. The fourth-order valence-electron chi connectivity index (χ4n) is 4.79. The Kier molecular flexibility index (Phi) is 7.00. The molecule has 3 aromatic rings. The minimum atomic E-state index is -2.56. The molecule has 13 heteroatoms. The molecule has 40 heavy (non-hydrogen) atoms. The zero-order chi connectivity index (χ0) is 28.9. The van der Waals surface area contributed by atoms with E-state index in [1.165, 1.54) is 23.6 Å². The smallest absolute Gasteiger partial charge is 0.262 e. The normalized spacial score (nSPS) is 17.7. The lowest BCUT2D eigenvalue weighted by Gasteiger charge is -2.34. The van der Waals surface area contributed by atoms with Gasteiger partial charge in [0.2, 0.25) is 5.95 Å². The number of nitrogens with zero attached hydrogens (tertiary/aromatic N) is 4. The first-order chi connectivity index (χ1) is 18.9. The van der Waals surface area contributed by atoms with Gasteiger partial charge in [0.25, 0.3) is 6.43 Å². The van der Waals surface area contributed by atoms with Crippen molar-refractivity contribution in [1.82, 2.24) is 25.9 Å². The summed E-state index contributed by atoms with van der Waals surface area (Å²) in [6, 6.07) is 8.81. The van der Waals surface area contributed by atoms with Gasteiger partial charge in [0.1, 0.15) is 19.5 Å². The van der Waals surface area contributed by atoms with Gasteiger partial charge >= 0.3 is 0 Å². The highest BCUT2D eigenvalue weighted by Crippen LogP contribution is 2.47. The monoisotopic (exact) mass is 568 g/mol. The fourth-order valence-corrected chi connectivity index (χ4v) is 5.06. The number of pyridine rings is 2. The Morgan fingerprint density at radius 3 is 2.65 bits per heavy atom. The highest BCUT2D eigenvalue weighted by molar-refractivity contribution is 6.36. The van der Waals surface area contributed by atoms with Gasteiger partial charge in [-0.2, -0.15) is 9.65 Å². The maximum absolute atomic E-state index is 15.2. The van der Waals surface area contributed by atoms with Gasteiger partial charge in [-0.25, -0.2) is 13.8 Å². The summed E-state index contributed by atoms with van der Waals surface area (Å²) >= 11 is 6.68. The average molecular weight is 569 g/mol. The molecule has 1 atom stereocenters. The maximum Gasteiger partial charge on any atom is 0.262 e. The molecular weight excluding hydrogens is 540 g/mol. The number of nitrogens with one attached hydrogen (secondary N) is 4. The first-order valence-corrected chi connectivity index (χ1v) is 13.2. The number of hydrogen-bond acceptors (Lipinski definition) is 8. The third kappa shape index (κ3) is 5.00. The van der Waals surface area contributed by atoms with Crippen molar-refractivity contribution >= 4 is 41.7 Å². The van der Waals surface area contributed by atoms with Crippen LogP contribution in [0.1, 0.15) is 44.7 Å². The van der Waals surface area contributed by atoms with Gasteiger partial charge in [-0.1, -0.05) is 38.4 Å². The molecule has 1 aromatic carbocycles. The van der Waals surface area contributed by atoms with E-state index in [0.29, 0.717) is 57.9 Å². The third-order valence-electron chi connectivity index (χ3n) is 7.29. The van der Waals surface area contributed by atoms with Gasteiger partial charge in [-0.3, -0.25) is 9.99 Å². The highest BCUT2D eigenvalue weighted by atomic mass is 35.5. The van der Waals surface area contributed by atoms with E-state index >= 15 is 4.39 Å². The van der Waals surface area contributed by atoms with Crippen molar-refractivity contribution < 1.29 is 13.2 Å². The van der Waals surface area contributed by atoms with E-state index in [2.05, 4.69) is 58.4 Å². The zero-order valence-electron chi connectivity index (χ0n) is 22.5. The second kappa shape index (κ2) is 10.1. The van der Waals surface area contributed by atoms with Crippen LogP contribution in [0.5, 0.6) is 0 Å². The molecule has 8 nitrogen and oxygen atoms in total. The first kappa shape index (κ1) is 27.9. The van der Waals surface area contributed by atoms with Gasteiger partial charge < -0.3 is 16.1 Å². The summed E-state index contributed by atoms with van der Waals surface area (Å²) in [5.74, 6) is -0.721. The molecule has 0 saturated heterocycles. The largest absolute Gasteiger partial charge is 0.383 e. The summed E-state index contributed by atoms with van der Waals surface area (Å²) in [5, 5.41) is 18.8. The predicted molar refractivity (Wildman–Crippen MR) is 152 cm³/mol. The molecule has 1 unspecified atom stereocenters. The van der Waals surface area contributed by atoms with Crippen LogP contribution >= 0.6 is 11.6 Å². The zero-order valence-corrected chi connectivity index (χ0v) is 23.3. The van der Waals surface area contributed by atoms with Crippen molar-refractivity contribution in [1.29, 1.82) is 5.26 Å². The van der Waals surface area contributed by atoms with Gasteiger partial charge in [-0.05, 0) is 36.5 Å². The third-order valence-corrected chi connectivity index (χ3v) is 7.58. The van der Waals surface area contributed by atoms with Crippen LogP contribution in [0, 0.1) is 22.7 Å². The van der Waals surface area contributed by atoms with Crippen LogP contribution in [0.25, 0.3) is 10.9 Å². The lowest BCUT2D eigenvalue weighted by molar-refractivity contribution is 0.00910. The summed E-state index contributed by atoms with van der Waals surface area (Å²) in [5.41, 5.74) is 5.60. The summed E-state index contributed by atoms with van der Waals surface area (Å²) in [6.45, 7) is 6.80. The summed E-state index contributed by atoms with van der Waals surface area (Å²) in [4.78, 5) is 8.22. The van der Waals surface area contributed by atoms with E-state index in [9.17, 15) is 14.0 Å². The Morgan fingerprint density at radius 1 is 1.27 bits per heavy atom. The van der Waals surface area contributed by atoms with Crippen molar-refractivity contribution in [3.63, 3.8) is 0 Å². The number of anilines is 2. The van der Waals surface area contributed by atoms with E-state index in [-0.39, 0.29) is 11.0 Å². The highest BCUT2D eigenvalue weighted by Gasteiger charge is 2.57. The van der Waals surface area contributed by atoms with Gasteiger partial charge in [-0.15, -0.1) is 5.53 Å². The fraction of sp³-hybridized carbons (Fsp3) is 0.370. The van der Waals surface area contributed by atoms with Crippen molar-refractivity contribution in [3.05, 3.63) is 70.7 Å². The molecule has 0 amide bonds. The Balaban J connectivity index is 1.61. The van der Waals surface area contributed by atoms with Crippen molar-refractivity contribution in [3.8, 4) is 6.07 Å². The molecule has 0 bridgehead atoms. The Morgan fingerprint density at radius 2 is 2.02 bits per heavy atom. The Labute approximate surface area is 236 Å². The van der Waals surface area contributed by atoms with Crippen molar-refractivity contribution in [2.75, 3.05) is 17.2 Å². The number of nitriles is 1. The van der Waals surface area contributed by atoms with Crippen LogP contribution in [-0.4, -0.2) is 41.3 Å². The van der Waals surface area contributed by atoms with Crippen LogP contribution in [0.4, 0.5) is 24.5 Å². The standard InChI is InChI=1S/C27H29BClF3N8/c1-25(2,3)14-36-21-15(11-33)12-35-22-17(21)9-16(10-19(22)29)37-27(28,18-5-4-8-34-23(18)30)20-13-40(39-38-20)26(6-7-26)24(31)32/h4-5,8-10,12-13,24,37-39H,6-7,14,28H2,1-3H3,(H,35,36). The lowest BCUT2D eigenvalue weighted by Crippen LogP contribution is -2.50. The number of rotatable bonds is 8. The van der Waals surface area contributed by atoms with Crippen LogP contribution in [0.3, 0.4) is 0 Å². The van der Waals surface area contributed by atoms with Gasteiger partial charge in [0.05, 0.1) is 32.9 Å². The van der Waals surface area contributed by atoms with Crippen molar-refractivity contribution in [2.24, 2.45) is 5.41 Å². The van der Waals surface area contributed by atoms with Crippen LogP contribution in [-0.2, 0) is 5.44 Å². The quantitative estimate of drug-likeness (QED) is 0.231. The lowest BCUT2D eigenvalue weighted by atomic mass is 9.69. The molecule has 1 aliphatic carbocycles. The molecule has 3 heterocycles. The van der Waals surface area contributed by atoms with E-state index in [0.717, 1.165) is 0 Å². The minimum absolute atomic E-state index is 0.0744. The van der Waals surface area contributed by atoms with Gasteiger partial charge in [0.15, 0.2) is 0 Å². The number of halogens is 4. The summed E-state index contributed by atoms with van der Waals surface area (Å²) in [6.07, 6.45) is 2.44. The Hall–Kier alpha value is -3.69. The predicted octanol–water partition coefficient (Wildman–Crippen LogP) is 4.61. The molecule has 2 aromatic heterocycles. The molecule has 208 valence electrons. The van der Waals surface area contributed by atoms with Crippen LogP contribution < -0.4 is 21.6 Å². The number of hydrazine groups is 2. The number of hydrogen-bond donors (Lipinski definition) is 4. The summed E-state index contributed by atoms with van der Waals surface area (Å²) in [7, 11) is 1.72. The SMILES string of the molecule is BC(Nc1cc(Cl)c2ncc(C#N)c(NCC(C)(C)C)c2c1)(C1=CN(C2(C(F)F)CC2)NN1)c1cccnc1F. The minimum Gasteiger partial charge on any atom is -0.383 e. The number of alkyl halides is 2. The maximum atomic E-state index is 15.2. The van der Waals surface area contributed by atoms with E-state index in [1.54, 1.807) is 32.1 Å². The molecule has 2 aliphatic rings. The molecule has 0 radical (unpaired) electrons. The molecule has 0 spiro atoms. The summed E-state index contributed by atoms with van der Waals surface area (Å²) < 4.78 is 42.9. The second-order valence-corrected chi connectivity index (χ2v) is 12.0. The van der Waals surface area contributed by atoms with Crippen molar-refractivity contribution in [2.45, 2.75) is 51.0 Å². The topological polar surface area (TPSA) is 101 Å². The number of fused-ring (bicyclic) bond motifs is 1. The second-order valence-electron chi connectivity index (χ2n) is 11.6. The van der Waals surface area contributed by atoms with E-state index in [4.69, 9.17) is 11.6 Å². The molecule has 1 fully saturated rings. The number of aromatic nitrogens is 2. The molecule has 4 N–H and O–H groups in total. The number of benzene rings is 1. The average Bonchev–Trinajstić information content (AvgIpc) is 3.56. The molecule has 1 aliphatic heterocycles. The van der Waals surface area contributed by atoms with E-state index < -0.39 is 23.4 Å². The van der Waals surface area contributed by atoms with Crippen LogP contribution in [0.15, 0.2) is 48.6 Å². The first-order valence-electron chi connectivity index (χ1n) is 12.8. The van der Waals surface area contributed by atoms with E-state index in [1.807, 2.05) is 0 Å². The van der Waals surface area contributed by atoms with Crippen LogP contribution in [0.2, 0.25) is 5.02 Å². The molecule has 5 rings (SSSR count). The Bertz CT molecular complexity index is 1530.